The predicted octanol–water partition coefficient (Wildman–Crippen LogP) is 6.56. The molecule has 0 heterocycles. The zero-order valence-electron chi connectivity index (χ0n) is 19.5. The first-order chi connectivity index (χ1) is 16.6. The summed E-state index contributed by atoms with van der Waals surface area (Å²) < 4.78 is 5.23. The number of azo groups is 2. The van der Waals surface area contributed by atoms with Crippen LogP contribution in [0.2, 0.25) is 0 Å². The number of aliphatic hydroxyl groups excluding tert-OH is 1. The van der Waals surface area contributed by atoms with E-state index in [9.17, 15) is 4.79 Å². The second-order valence-electron chi connectivity index (χ2n) is 7.49. The second-order valence-corrected chi connectivity index (χ2v) is 7.49. The molecule has 0 bridgehead atoms. The number of nitrogens with zero attached hydrogens (tertiary/aromatic N) is 5. The maximum Gasteiger partial charge on any atom is 0.165 e. The Bertz CT molecular complexity index is 1090. The van der Waals surface area contributed by atoms with Crippen molar-refractivity contribution in [1.29, 1.82) is 0 Å². The highest BCUT2D eigenvalue weighted by Crippen LogP contribution is 2.25. The molecule has 0 saturated carbocycles. The van der Waals surface area contributed by atoms with Gasteiger partial charge in [0.15, 0.2) is 5.78 Å². The van der Waals surface area contributed by atoms with E-state index in [2.05, 4.69) is 20.5 Å². The number of anilines is 1. The van der Waals surface area contributed by atoms with E-state index in [4.69, 9.17) is 9.84 Å². The second kappa shape index (κ2) is 13.1. The first kappa shape index (κ1) is 24.9. The number of ether oxygens (including phenoxy) is 1. The lowest BCUT2D eigenvalue weighted by Gasteiger charge is -2.17. The van der Waals surface area contributed by atoms with E-state index in [1.54, 1.807) is 24.3 Å². The van der Waals surface area contributed by atoms with Gasteiger partial charge in [-0.2, -0.15) is 20.5 Å². The van der Waals surface area contributed by atoms with Crippen LogP contribution in [0.4, 0.5) is 28.4 Å². The monoisotopic (exact) mass is 459 g/mol. The molecule has 8 heteroatoms. The number of benzene rings is 3. The minimum absolute atomic E-state index is 0.0478. The molecule has 0 aromatic heterocycles. The van der Waals surface area contributed by atoms with Gasteiger partial charge in [0.05, 0.1) is 36.0 Å². The van der Waals surface area contributed by atoms with Crippen LogP contribution in [0, 0.1) is 0 Å². The summed E-state index contributed by atoms with van der Waals surface area (Å²) >= 11 is 0. The SMILES string of the molecule is CCOCCC(=O)c1ccc(N=Nc2ccc(N=Nc3ccc(N(C)CCO)cc3)cc2)cc1. The number of likely N-dealkylation sites (N-methyl/N-ethyl adjacent to an activating group) is 1. The third-order valence-electron chi connectivity index (χ3n) is 5.00. The van der Waals surface area contributed by atoms with Gasteiger partial charge in [-0.05, 0) is 79.7 Å². The van der Waals surface area contributed by atoms with Crippen LogP contribution in [0.1, 0.15) is 23.7 Å². The van der Waals surface area contributed by atoms with E-state index in [1.807, 2.05) is 67.4 Å². The maximum absolute atomic E-state index is 12.1. The highest BCUT2D eigenvalue weighted by atomic mass is 16.5. The quantitative estimate of drug-likeness (QED) is 0.188. The molecule has 0 spiro atoms. The van der Waals surface area contributed by atoms with E-state index < -0.39 is 0 Å². The lowest BCUT2D eigenvalue weighted by molar-refractivity contribution is 0.0896. The average molecular weight is 460 g/mol. The summed E-state index contributed by atoms with van der Waals surface area (Å²) in [7, 11) is 1.92. The van der Waals surface area contributed by atoms with E-state index in [0.717, 1.165) is 11.4 Å². The molecule has 0 aliphatic rings. The Labute approximate surface area is 199 Å². The first-order valence-corrected chi connectivity index (χ1v) is 11.2. The van der Waals surface area contributed by atoms with Crippen LogP contribution in [0.25, 0.3) is 0 Å². The van der Waals surface area contributed by atoms with Crippen molar-refractivity contribution >= 4 is 34.2 Å². The molecule has 1 N–H and O–H groups in total. The largest absolute Gasteiger partial charge is 0.395 e. The van der Waals surface area contributed by atoms with Crippen molar-refractivity contribution in [2.75, 3.05) is 38.3 Å². The van der Waals surface area contributed by atoms with Gasteiger partial charge < -0.3 is 14.7 Å². The van der Waals surface area contributed by atoms with Gasteiger partial charge in [0.25, 0.3) is 0 Å². The van der Waals surface area contributed by atoms with Crippen LogP contribution >= 0.6 is 0 Å². The van der Waals surface area contributed by atoms with E-state index in [0.29, 0.717) is 48.8 Å². The molecule has 0 atom stereocenters. The molecular formula is C26H29N5O3. The lowest BCUT2D eigenvalue weighted by Crippen LogP contribution is -2.20. The van der Waals surface area contributed by atoms with Crippen molar-refractivity contribution in [2.24, 2.45) is 20.5 Å². The summed E-state index contributed by atoms with van der Waals surface area (Å²) in [4.78, 5) is 14.1. The molecule has 0 unspecified atom stereocenters. The third kappa shape index (κ3) is 7.68. The molecule has 0 aliphatic heterocycles. The maximum atomic E-state index is 12.1. The minimum Gasteiger partial charge on any atom is -0.395 e. The van der Waals surface area contributed by atoms with Crippen LogP contribution in [-0.4, -0.2) is 44.3 Å². The average Bonchev–Trinajstić information content (AvgIpc) is 2.87. The van der Waals surface area contributed by atoms with Crippen LogP contribution in [0.15, 0.2) is 93.3 Å². The standard InChI is InChI=1S/C26H29N5O3/c1-3-34-19-16-26(33)20-4-6-21(7-5-20)27-28-22-8-10-23(11-9-22)29-30-24-12-14-25(15-13-24)31(2)17-18-32/h4-15,32H,3,16-19H2,1-2H3. The molecular weight excluding hydrogens is 430 g/mol. The van der Waals surface area contributed by atoms with Crippen LogP contribution in [-0.2, 0) is 4.74 Å². The fourth-order valence-corrected chi connectivity index (χ4v) is 3.04. The summed E-state index contributed by atoms with van der Waals surface area (Å²) in [6.07, 6.45) is 0.367. The van der Waals surface area contributed by atoms with Gasteiger partial charge >= 0.3 is 0 Å². The van der Waals surface area contributed by atoms with Gasteiger partial charge in [0, 0.05) is 37.9 Å². The molecule has 0 radical (unpaired) electrons. The molecule has 0 fully saturated rings. The molecule has 3 rings (SSSR count). The Morgan fingerprint density at radius 2 is 1.24 bits per heavy atom. The van der Waals surface area contributed by atoms with Crippen molar-refractivity contribution in [2.45, 2.75) is 13.3 Å². The molecule has 176 valence electrons. The zero-order valence-corrected chi connectivity index (χ0v) is 19.5. The number of hydrogen-bond donors (Lipinski definition) is 1. The Kier molecular flexibility index (Phi) is 9.57. The predicted molar refractivity (Wildman–Crippen MR) is 133 cm³/mol. The van der Waals surface area contributed by atoms with Crippen LogP contribution in [0.5, 0.6) is 0 Å². The first-order valence-electron chi connectivity index (χ1n) is 11.2. The number of hydrogen-bond acceptors (Lipinski definition) is 8. The van der Waals surface area contributed by atoms with Crippen molar-refractivity contribution in [1.82, 2.24) is 0 Å². The topological polar surface area (TPSA) is 99.2 Å². The summed E-state index contributed by atoms with van der Waals surface area (Å²) in [5.41, 5.74) is 4.44. The van der Waals surface area contributed by atoms with E-state index in [1.165, 1.54) is 0 Å². The van der Waals surface area contributed by atoms with Crippen molar-refractivity contribution < 1.29 is 14.6 Å². The van der Waals surface area contributed by atoms with E-state index in [-0.39, 0.29) is 12.4 Å². The van der Waals surface area contributed by atoms with E-state index >= 15 is 0 Å². The zero-order chi connectivity index (χ0) is 24.2. The summed E-state index contributed by atoms with van der Waals surface area (Å²) in [6, 6.07) is 22.0. The van der Waals surface area contributed by atoms with Gasteiger partial charge in [-0.15, -0.1) is 0 Å². The highest BCUT2D eigenvalue weighted by Gasteiger charge is 2.05. The van der Waals surface area contributed by atoms with Gasteiger partial charge in [-0.25, -0.2) is 0 Å². The Balaban J connectivity index is 1.54. The fraction of sp³-hybridized carbons (Fsp3) is 0.269. The number of ketones is 1. The van der Waals surface area contributed by atoms with Gasteiger partial charge in [-0.1, -0.05) is 0 Å². The highest BCUT2D eigenvalue weighted by molar-refractivity contribution is 5.96. The number of carbonyl (C=O) groups excluding carboxylic acids is 1. The fourth-order valence-electron chi connectivity index (χ4n) is 3.04. The number of Topliss-reactive ketones (excluding diaryl/α,β-unsaturated/α-hetero) is 1. The number of aliphatic hydroxyl groups is 1. The summed E-state index contributed by atoms with van der Waals surface area (Å²) in [6.45, 7) is 3.63. The van der Waals surface area contributed by atoms with Crippen molar-refractivity contribution in [3.63, 3.8) is 0 Å². The Hall–Kier alpha value is -3.75. The van der Waals surface area contributed by atoms with Crippen LogP contribution < -0.4 is 4.90 Å². The molecule has 0 amide bonds. The third-order valence-corrected chi connectivity index (χ3v) is 5.00. The smallest absolute Gasteiger partial charge is 0.165 e. The van der Waals surface area contributed by atoms with Gasteiger partial charge in [0.2, 0.25) is 0 Å². The summed E-state index contributed by atoms with van der Waals surface area (Å²) in [5, 5.41) is 26.0. The van der Waals surface area contributed by atoms with Gasteiger partial charge in [-0.3, -0.25) is 4.79 Å². The van der Waals surface area contributed by atoms with Crippen molar-refractivity contribution in [3.8, 4) is 0 Å². The Morgan fingerprint density at radius 3 is 1.68 bits per heavy atom. The molecule has 3 aromatic rings. The minimum atomic E-state index is 0.0478. The Morgan fingerprint density at radius 1 is 0.794 bits per heavy atom. The molecule has 8 nitrogen and oxygen atoms in total. The number of rotatable bonds is 12. The molecule has 0 saturated heterocycles. The van der Waals surface area contributed by atoms with Gasteiger partial charge in [0.1, 0.15) is 0 Å². The normalized spacial score (nSPS) is 11.4. The van der Waals surface area contributed by atoms with Crippen molar-refractivity contribution in [3.05, 3.63) is 78.4 Å². The molecule has 3 aromatic carbocycles. The molecule has 0 aliphatic carbocycles. The van der Waals surface area contributed by atoms with Crippen LogP contribution in [0.3, 0.4) is 0 Å². The number of carbonyl (C=O) groups is 1. The molecule has 34 heavy (non-hydrogen) atoms. The lowest BCUT2D eigenvalue weighted by atomic mass is 10.1. The summed E-state index contributed by atoms with van der Waals surface area (Å²) in [5.74, 6) is 0.0478.